The second-order valence-electron chi connectivity index (χ2n) is 6.06. The van der Waals surface area contributed by atoms with Crippen molar-refractivity contribution in [1.82, 2.24) is 24.9 Å². The molecule has 0 spiro atoms. The van der Waals surface area contributed by atoms with Gasteiger partial charge in [0.15, 0.2) is 0 Å². The molecule has 8 heteroatoms. The molecule has 0 fully saturated rings. The molecule has 0 aliphatic rings. The molecule has 2 amide bonds. The molecule has 8 nitrogen and oxygen atoms in total. The lowest BCUT2D eigenvalue weighted by Crippen LogP contribution is -2.26. The van der Waals surface area contributed by atoms with Crippen LogP contribution in [0.25, 0.3) is 0 Å². The number of rotatable bonds is 5. The summed E-state index contributed by atoms with van der Waals surface area (Å²) in [5, 5.41) is 13.7. The zero-order valence-electron chi connectivity index (χ0n) is 14.9. The molecule has 3 aromatic rings. The van der Waals surface area contributed by atoms with Crippen LogP contribution in [-0.4, -0.2) is 31.4 Å². The molecule has 26 heavy (non-hydrogen) atoms. The molecule has 1 aromatic carbocycles. The number of hydrogen-bond acceptors (Lipinski definition) is 4. The lowest BCUT2D eigenvalue weighted by atomic mass is 10.1. The topological polar surface area (TPSA) is 93.8 Å². The first kappa shape index (κ1) is 17.4. The van der Waals surface area contributed by atoms with Gasteiger partial charge in [-0.05, 0) is 19.1 Å². The molecule has 2 aromatic heterocycles. The minimum Gasteiger partial charge on any atom is -0.346 e. The van der Waals surface area contributed by atoms with Crippen LogP contribution < -0.4 is 10.6 Å². The van der Waals surface area contributed by atoms with Crippen LogP contribution in [0.5, 0.6) is 0 Å². The largest absolute Gasteiger partial charge is 0.346 e. The van der Waals surface area contributed by atoms with Crippen LogP contribution in [0.2, 0.25) is 0 Å². The molecule has 0 atom stereocenters. The van der Waals surface area contributed by atoms with Gasteiger partial charge in [0.25, 0.3) is 11.8 Å². The Hall–Kier alpha value is -3.42. The number of aromatic nitrogens is 4. The van der Waals surface area contributed by atoms with Gasteiger partial charge >= 0.3 is 0 Å². The number of carbonyl (C=O) groups is 2. The van der Waals surface area contributed by atoms with Crippen molar-refractivity contribution >= 4 is 17.5 Å². The number of hydrogen-bond donors (Lipinski definition) is 2. The predicted octanol–water partition coefficient (Wildman–Crippen LogP) is 1.64. The molecule has 0 radical (unpaired) electrons. The molecule has 0 aliphatic carbocycles. The highest BCUT2D eigenvalue weighted by atomic mass is 16.2. The zero-order chi connectivity index (χ0) is 18.7. The summed E-state index contributed by atoms with van der Waals surface area (Å²) in [5.41, 5.74) is 3.11. The van der Waals surface area contributed by atoms with Crippen LogP contribution in [0.15, 0.2) is 42.9 Å². The minimum atomic E-state index is -0.326. The van der Waals surface area contributed by atoms with E-state index in [1.165, 1.54) is 10.9 Å². The summed E-state index contributed by atoms with van der Waals surface area (Å²) in [6.45, 7) is 2.29. The summed E-state index contributed by atoms with van der Waals surface area (Å²) in [6, 6.07) is 7.20. The second-order valence-corrected chi connectivity index (χ2v) is 6.06. The summed E-state index contributed by atoms with van der Waals surface area (Å²) in [5.74, 6) is -0.618. The Morgan fingerprint density at radius 1 is 1.04 bits per heavy atom. The van der Waals surface area contributed by atoms with Gasteiger partial charge in [-0.3, -0.25) is 19.0 Å². The summed E-state index contributed by atoms with van der Waals surface area (Å²) < 4.78 is 3.10. The third-order valence-corrected chi connectivity index (χ3v) is 3.93. The SMILES string of the molecule is Cc1ccc(C(=O)Nc2cnn(C)c2C(=O)NCc2cnn(C)c2)cc1. The van der Waals surface area contributed by atoms with Crippen molar-refractivity contribution in [2.45, 2.75) is 13.5 Å². The van der Waals surface area contributed by atoms with Crippen LogP contribution >= 0.6 is 0 Å². The highest BCUT2D eigenvalue weighted by Crippen LogP contribution is 2.16. The van der Waals surface area contributed by atoms with Gasteiger partial charge in [0.2, 0.25) is 0 Å². The number of anilines is 1. The standard InChI is InChI=1S/C18H20N6O2/c1-12-4-6-14(7-5-12)17(25)22-15-10-21-24(3)16(15)18(26)19-8-13-9-20-23(2)11-13/h4-7,9-11H,8H2,1-3H3,(H,19,26)(H,22,25). The average molecular weight is 352 g/mol. The smallest absolute Gasteiger partial charge is 0.271 e. The van der Waals surface area contributed by atoms with E-state index in [0.29, 0.717) is 17.8 Å². The molecule has 134 valence electrons. The normalized spacial score (nSPS) is 10.6. The second kappa shape index (κ2) is 7.22. The van der Waals surface area contributed by atoms with E-state index in [-0.39, 0.29) is 17.5 Å². The molecule has 2 N–H and O–H groups in total. The van der Waals surface area contributed by atoms with Crippen molar-refractivity contribution < 1.29 is 9.59 Å². The molecule has 3 rings (SSSR count). The van der Waals surface area contributed by atoms with Crippen LogP contribution in [0.1, 0.15) is 32.0 Å². The number of benzene rings is 1. The first-order chi connectivity index (χ1) is 12.4. The summed E-state index contributed by atoms with van der Waals surface area (Å²) in [4.78, 5) is 24.9. The number of aryl methyl sites for hydroxylation is 3. The van der Waals surface area contributed by atoms with Gasteiger partial charge in [-0.2, -0.15) is 10.2 Å². The van der Waals surface area contributed by atoms with Crippen molar-refractivity contribution in [2.75, 3.05) is 5.32 Å². The Kier molecular flexibility index (Phi) is 4.83. The molecule has 0 aliphatic heterocycles. The Labute approximate surface area is 150 Å². The molecular formula is C18H20N6O2. The third kappa shape index (κ3) is 3.80. The van der Waals surface area contributed by atoms with Crippen molar-refractivity contribution in [1.29, 1.82) is 0 Å². The fourth-order valence-electron chi connectivity index (χ4n) is 2.53. The molecule has 0 unspecified atom stereocenters. The van der Waals surface area contributed by atoms with E-state index in [2.05, 4.69) is 20.8 Å². The van der Waals surface area contributed by atoms with Gasteiger partial charge in [-0.25, -0.2) is 0 Å². The highest BCUT2D eigenvalue weighted by Gasteiger charge is 2.19. The van der Waals surface area contributed by atoms with E-state index < -0.39 is 0 Å². The summed E-state index contributed by atoms with van der Waals surface area (Å²) in [7, 11) is 3.46. The summed E-state index contributed by atoms with van der Waals surface area (Å²) in [6.07, 6.45) is 4.97. The van der Waals surface area contributed by atoms with Gasteiger partial charge in [0.1, 0.15) is 5.69 Å². The van der Waals surface area contributed by atoms with Crippen LogP contribution in [0.4, 0.5) is 5.69 Å². The lowest BCUT2D eigenvalue weighted by molar-refractivity contribution is 0.0942. The van der Waals surface area contributed by atoms with Gasteiger partial charge in [-0.15, -0.1) is 0 Å². The number of nitrogens with zero attached hydrogens (tertiary/aromatic N) is 4. The third-order valence-electron chi connectivity index (χ3n) is 3.93. The van der Waals surface area contributed by atoms with E-state index in [1.54, 1.807) is 30.1 Å². The van der Waals surface area contributed by atoms with E-state index >= 15 is 0 Å². The van der Waals surface area contributed by atoms with Gasteiger partial charge < -0.3 is 10.6 Å². The maximum absolute atomic E-state index is 12.5. The Balaban J connectivity index is 1.72. The Morgan fingerprint density at radius 2 is 1.77 bits per heavy atom. The monoisotopic (exact) mass is 352 g/mol. The fourth-order valence-corrected chi connectivity index (χ4v) is 2.53. The van der Waals surface area contributed by atoms with Gasteiger partial charge in [0, 0.05) is 38.0 Å². The Morgan fingerprint density at radius 3 is 2.42 bits per heavy atom. The van der Waals surface area contributed by atoms with E-state index in [1.807, 2.05) is 32.3 Å². The van der Waals surface area contributed by atoms with Gasteiger partial charge in [0.05, 0.1) is 18.1 Å². The van der Waals surface area contributed by atoms with E-state index in [4.69, 9.17) is 0 Å². The number of amides is 2. The predicted molar refractivity (Wildman–Crippen MR) is 96.7 cm³/mol. The first-order valence-corrected chi connectivity index (χ1v) is 8.10. The average Bonchev–Trinajstić information content (AvgIpc) is 3.19. The Bertz CT molecular complexity index is 939. The number of carbonyl (C=O) groups excluding carboxylic acids is 2. The van der Waals surface area contributed by atoms with Crippen molar-refractivity contribution in [3.63, 3.8) is 0 Å². The molecule has 0 saturated heterocycles. The fraction of sp³-hybridized carbons (Fsp3) is 0.222. The lowest BCUT2D eigenvalue weighted by Gasteiger charge is -2.08. The zero-order valence-corrected chi connectivity index (χ0v) is 14.9. The molecular weight excluding hydrogens is 332 g/mol. The maximum atomic E-state index is 12.5. The van der Waals surface area contributed by atoms with E-state index in [0.717, 1.165) is 11.1 Å². The first-order valence-electron chi connectivity index (χ1n) is 8.10. The maximum Gasteiger partial charge on any atom is 0.271 e. The van der Waals surface area contributed by atoms with Crippen molar-refractivity contribution in [2.24, 2.45) is 14.1 Å². The molecule has 0 saturated carbocycles. The van der Waals surface area contributed by atoms with Crippen LogP contribution in [-0.2, 0) is 20.6 Å². The van der Waals surface area contributed by atoms with E-state index in [9.17, 15) is 9.59 Å². The summed E-state index contributed by atoms with van der Waals surface area (Å²) >= 11 is 0. The van der Waals surface area contributed by atoms with Gasteiger partial charge in [-0.1, -0.05) is 17.7 Å². The molecule has 0 bridgehead atoms. The van der Waals surface area contributed by atoms with Crippen molar-refractivity contribution in [3.05, 3.63) is 65.2 Å². The minimum absolute atomic E-state index is 0.286. The quantitative estimate of drug-likeness (QED) is 0.730. The van der Waals surface area contributed by atoms with Crippen LogP contribution in [0, 0.1) is 6.92 Å². The van der Waals surface area contributed by atoms with Crippen molar-refractivity contribution in [3.8, 4) is 0 Å². The number of nitrogens with one attached hydrogen (secondary N) is 2. The van der Waals surface area contributed by atoms with Crippen LogP contribution in [0.3, 0.4) is 0 Å². The highest BCUT2D eigenvalue weighted by molar-refractivity contribution is 6.08. The molecule has 2 heterocycles.